The average Bonchev–Trinajstić information content (AvgIpc) is 2.62. The molecule has 0 heterocycles. The van der Waals surface area contributed by atoms with Crippen LogP contribution in [0.4, 0.5) is 11.4 Å². The van der Waals surface area contributed by atoms with E-state index in [1.807, 2.05) is 0 Å². The van der Waals surface area contributed by atoms with E-state index >= 15 is 0 Å². The van der Waals surface area contributed by atoms with Crippen LogP contribution in [0.5, 0.6) is 11.5 Å². The quantitative estimate of drug-likeness (QED) is 0.724. The smallest absolute Gasteiger partial charge is 0.245 e. The molecule has 2 rings (SSSR count). The summed E-state index contributed by atoms with van der Waals surface area (Å²) in [5.41, 5.74) is 0.451. The SMILES string of the molecule is COc1ccc(OC)c(N(CC(=O)Nc2cccc(Cl)c2Cl)S(C)(=O)=O)c1. The molecule has 0 aliphatic carbocycles. The zero-order valence-corrected chi connectivity index (χ0v) is 17.2. The van der Waals surface area contributed by atoms with Crippen molar-refractivity contribution >= 4 is 50.5 Å². The fourth-order valence-electron chi connectivity index (χ4n) is 2.29. The molecule has 27 heavy (non-hydrogen) atoms. The Kier molecular flexibility index (Phi) is 6.80. The topological polar surface area (TPSA) is 84.9 Å². The van der Waals surface area contributed by atoms with Gasteiger partial charge in [-0.2, -0.15) is 0 Å². The second kappa shape index (κ2) is 8.69. The molecular weight excluding hydrogens is 415 g/mol. The number of hydrogen-bond donors (Lipinski definition) is 1. The maximum Gasteiger partial charge on any atom is 0.245 e. The minimum absolute atomic E-state index is 0.164. The lowest BCUT2D eigenvalue weighted by atomic mass is 10.2. The van der Waals surface area contributed by atoms with Gasteiger partial charge in [0.1, 0.15) is 18.0 Å². The summed E-state index contributed by atoms with van der Waals surface area (Å²) in [7, 11) is -0.954. The van der Waals surface area contributed by atoms with Crippen LogP contribution in [0.15, 0.2) is 36.4 Å². The van der Waals surface area contributed by atoms with Gasteiger partial charge in [0.05, 0.1) is 41.9 Å². The molecule has 1 amide bonds. The van der Waals surface area contributed by atoms with Crippen molar-refractivity contribution in [2.75, 3.05) is 36.6 Å². The van der Waals surface area contributed by atoms with Crippen LogP contribution < -0.4 is 19.1 Å². The highest BCUT2D eigenvalue weighted by Gasteiger charge is 2.25. The molecule has 2 aromatic carbocycles. The Morgan fingerprint density at radius 2 is 1.85 bits per heavy atom. The third-order valence-electron chi connectivity index (χ3n) is 3.57. The van der Waals surface area contributed by atoms with Crippen molar-refractivity contribution in [3.05, 3.63) is 46.4 Å². The second-order valence-corrected chi connectivity index (χ2v) is 8.15. The Balaban J connectivity index is 2.36. The molecule has 0 atom stereocenters. The molecule has 0 aromatic heterocycles. The summed E-state index contributed by atoms with van der Waals surface area (Å²) in [5, 5.41) is 2.99. The largest absolute Gasteiger partial charge is 0.497 e. The van der Waals surface area contributed by atoms with Crippen molar-refractivity contribution in [3.8, 4) is 11.5 Å². The van der Waals surface area contributed by atoms with Crippen LogP contribution in [-0.2, 0) is 14.8 Å². The van der Waals surface area contributed by atoms with Crippen molar-refractivity contribution in [1.82, 2.24) is 0 Å². The van der Waals surface area contributed by atoms with Crippen LogP contribution in [0.3, 0.4) is 0 Å². The van der Waals surface area contributed by atoms with Crippen LogP contribution in [0.25, 0.3) is 0 Å². The van der Waals surface area contributed by atoms with Crippen LogP contribution >= 0.6 is 23.2 Å². The van der Waals surface area contributed by atoms with Gasteiger partial charge in [-0.05, 0) is 24.3 Å². The van der Waals surface area contributed by atoms with Gasteiger partial charge in [0.25, 0.3) is 0 Å². The zero-order valence-electron chi connectivity index (χ0n) is 14.8. The fourth-order valence-corrected chi connectivity index (χ4v) is 3.49. The molecule has 2 aromatic rings. The maximum atomic E-state index is 12.5. The molecule has 0 saturated carbocycles. The van der Waals surface area contributed by atoms with Gasteiger partial charge in [-0.25, -0.2) is 8.42 Å². The van der Waals surface area contributed by atoms with E-state index in [1.165, 1.54) is 20.3 Å². The molecule has 7 nitrogen and oxygen atoms in total. The van der Waals surface area contributed by atoms with Crippen molar-refractivity contribution in [1.29, 1.82) is 0 Å². The Morgan fingerprint density at radius 1 is 1.15 bits per heavy atom. The predicted octanol–water partition coefficient (Wildman–Crippen LogP) is 3.42. The number of amides is 1. The normalized spacial score (nSPS) is 11.0. The first kappa shape index (κ1) is 21.1. The van der Waals surface area contributed by atoms with Gasteiger partial charge in [0.2, 0.25) is 15.9 Å². The summed E-state index contributed by atoms with van der Waals surface area (Å²) < 4.78 is 35.9. The van der Waals surface area contributed by atoms with Crippen LogP contribution in [0, 0.1) is 0 Å². The maximum absolute atomic E-state index is 12.5. The molecule has 146 valence electrons. The monoisotopic (exact) mass is 432 g/mol. The van der Waals surface area contributed by atoms with Gasteiger partial charge in [-0.1, -0.05) is 29.3 Å². The standard InChI is InChI=1S/C17H18Cl2N2O5S/c1-25-11-7-8-15(26-2)14(9-11)21(27(3,23)24)10-16(22)20-13-6-4-5-12(18)17(13)19/h4-9H,10H2,1-3H3,(H,20,22). The summed E-state index contributed by atoms with van der Waals surface area (Å²) in [6, 6.07) is 9.39. The number of nitrogens with one attached hydrogen (secondary N) is 1. The average molecular weight is 433 g/mol. The van der Waals surface area contributed by atoms with Crippen LogP contribution in [-0.4, -0.2) is 41.3 Å². The predicted molar refractivity (Wildman–Crippen MR) is 107 cm³/mol. The van der Waals surface area contributed by atoms with E-state index in [0.717, 1.165) is 10.6 Å². The highest BCUT2D eigenvalue weighted by molar-refractivity contribution is 7.92. The molecule has 0 aliphatic heterocycles. The number of nitrogens with zero attached hydrogens (tertiary/aromatic N) is 1. The third-order valence-corrected chi connectivity index (χ3v) is 5.51. The molecule has 0 radical (unpaired) electrons. The van der Waals surface area contributed by atoms with E-state index in [1.54, 1.807) is 30.3 Å². The molecule has 0 spiro atoms. The molecule has 1 N–H and O–H groups in total. The number of halogens is 2. The number of anilines is 2. The van der Waals surface area contributed by atoms with E-state index in [9.17, 15) is 13.2 Å². The Labute approximate surface area is 167 Å². The van der Waals surface area contributed by atoms with Crippen molar-refractivity contribution in [2.24, 2.45) is 0 Å². The zero-order chi connectivity index (χ0) is 20.2. The third kappa shape index (κ3) is 5.18. The Hall–Kier alpha value is -2.16. The van der Waals surface area contributed by atoms with E-state index in [2.05, 4.69) is 5.32 Å². The molecule has 0 unspecified atom stereocenters. The number of ether oxygens (including phenoxy) is 2. The summed E-state index contributed by atoms with van der Waals surface area (Å²) in [4.78, 5) is 12.5. The molecule has 0 fully saturated rings. The first-order valence-electron chi connectivity index (χ1n) is 7.61. The lowest BCUT2D eigenvalue weighted by Gasteiger charge is -2.24. The number of hydrogen-bond acceptors (Lipinski definition) is 5. The number of methoxy groups -OCH3 is 2. The molecule has 0 saturated heterocycles. The Morgan fingerprint density at radius 3 is 2.44 bits per heavy atom. The van der Waals surface area contributed by atoms with Gasteiger partial charge < -0.3 is 14.8 Å². The van der Waals surface area contributed by atoms with Crippen molar-refractivity contribution in [2.45, 2.75) is 0 Å². The van der Waals surface area contributed by atoms with Gasteiger partial charge in [0.15, 0.2) is 0 Å². The number of carbonyl (C=O) groups excluding carboxylic acids is 1. The van der Waals surface area contributed by atoms with E-state index in [4.69, 9.17) is 32.7 Å². The van der Waals surface area contributed by atoms with Gasteiger partial charge in [0, 0.05) is 6.07 Å². The number of carbonyl (C=O) groups is 1. The molecule has 10 heteroatoms. The van der Waals surface area contributed by atoms with Gasteiger partial charge in [-0.3, -0.25) is 9.10 Å². The highest BCUT2D eigenvalue weighted by Crippen LogP contribution is 2.34. The number of rotatable bonds is 7. The van der Waals surface area contributed by atoms with Gasteiger partial charge >= 0.3 is 0 Å². The fraction of sp³-hybridized carbons (Fsp3) is 0.235. The minimum atomic E-state index is -3.80. The summed E-state index contributed by atoms with van der Waals surface area (Å²) in [5.74, 6) is 0.0852. The Bertz CT molecular complexity index is 950. The number of sulfonamides is 1. The van der Waals surface area contributed by atoms with E-state index < -0.39 is 22.5 Å². The first-order chi connectivity index (χ1) is 12.7. The van der Waals surface area contributed by atoms with Gasteiger partial charge in [-0.15, -0.1) is 0 Å². The lowest BCUT2D eigenvalue weighted by Crippen LogP contribution is -2.37. The molecule has 0 bridgehead atoms. The summed E-state index contributed by atoms with van der Waals surface area (Å²) >= 11 is 12.0. The van der Waals surface area contributed by atoms with Crippen molar-refractivity contribution < 1.29 is 22.7 Å². The van der Waals surface area contributed by atoms with Crippen LogP contribution in [0.1, 0.15) is 0 Å². The van der Waals surface area contributed by atoms with E-state index in [-0.39, 0.29) is 27.2 Å². The molecular formula is C17H18Cl2N2O5S. The molecule has 0 aliphatic rings. The van der Waals surface area contributed by atoms with Crippen molar-refractivity contribution in [3.63, 3.8) is 0 Å². The summed E-state index contributed by atoms with van der Waals surface area (Å²) in [6.45, 7) is -0.495. The lowest BCUT2D eigenvalue weighted by molar-refractivity contribution is -0.114. The number of benzene rings is 2. The second-order valence-electron chi connectivity index (χ2n) is 5.46. The first-order valence-corrected chi connectivity index (χ1v) is 10.2. The highest BCUT2D eigenvalue weighted by atomic mass is 35.5. The van der Waals surface area contributed by atoms with Crippen LogP contribution in [0.2, 0.25) is 10.0 Å². The van der Waals surface area contributed by atoms with E-state index in [0.29, 0.717) is 5.75 Å². The summed E-state index contributed by atoms with van der Waals surface area (Å²) in [6.07, 6.45) is 0.992. The minimum Gasteiger partial charge on any atom is -0.497 e.